The Morgan fingerprint density at radius 3 is 2.41 bits per heavy atom. The van der Waals surface area contributed by atoms with Gasteiger partial charge in [0.2, 0.25) is 5.91 Å². The minimum Gasteiger partial charge on any atom is -0.493 e. The molecule has 2 aromatic carbocycles. The van der Waals surface area contributed by atoms with E-state index in [1.807, 2.05) is 62.5 Å². The number of para-hydroxylation sites is 1. The van der Waals surface area contributed by atoms with Crippen molar-refractivity contribution >= 4 is 23.4 Å². The molecule has 1 amide bonds. The number of nitrogens with zero attached hydrogens (tertiary/aromatic N) is 4. The highest BCUT2D eigenvalue weighted by molar-refractivity contribution is 8.00. The van der Waals surface area contributed by atoms with Crippen LogP contribution < -0.4 is 14.4 Å². The third kappa shape index (κ3) is 5.06. The number of methoxy groups -OCH3 is 2. The summed E-state index contributed by atoms with van der Waals surface area (Å²) in [6.07, 6.45) is 5.78. The van der Waals surface area contributed by atoms with Gasteiger partial charge in [-0.3, -0.25) is 9.36 Å². The normalized spacial score (nSPS) is 15.1. The highest BCUT2D eigenvalue weighted by Gasteiger charge is 2.28. The van der Waals surface area contributed by atoms with Crippen LogP contribution >= 0.6 is 11.8 Å². The van der Waals surface area contributed by atoms with Gasteiger partial charge in [-0.25, -0.2) is 0 Å². The van der Waals surface area contributed by atoms with E-state index in [0.29, 0.717) is 17.5 Å². The molecule has 8 heteroatoms. The molecule has 0 spiro atoms. The zero-order valence-corrected chi connectivity index (χ0v) is 21.0. The molecule has 1 saturated carbocycles. The maximum atomic E-state index is 13.2. The molecule has 1 aliphatic carbocycles. The van der Waals surface area contributed by atoms with Crippen LogP contribution in [0.4, 0.5) is 5.69 Å². The number of carbonyl (C=O) groups is 1. The SMILES string of the molecule is COc1ccc(-c2nnc(SC(C)C(=O)N(C)c3ccccc3)n2C2CCCCC2)cc1OC. The zero-order chi connectivity index (χ0) is 24.1. The van der Waals surface area contributed by atoms with Gasteiger partial charge in [-0.2, -0.15) is 0 Å². The number of anilines is 1. The molecular formula is C26H32N4O3S. The minimum absolute atomic E-state index is 0.0297. The molecule has 3 aromatic rings. The second kappa shape index (κ2) is 11.0. The van der Waals surface area contributed by atoms with Crippen molar-refractivity contribution in [3.63, 3.8) is 0 Å². The van der Waals surface area contributed by atoms with E-state index < -0.39 is 0 Å². The summed E-state index contributed by atoms with van der Waals surface area (Å²) in [5.74, 6) is 2.15. The number of hydrogen-bond acceptors (Lipinski definition) is 6. The summed E-state index contributed by atoms with van der Waals surface area (Å²) in [6, 6.07) is 15.8. The van der Waals surface area contributed by atoms with Crippen molar-refractivity contribution in [1.82, 2.24) is 14.8 Å². The maximum Gasteiger partial charge on any atom is 0.240 e. The molecule has 0 aliphatic heterocycles. The highest BCUT2D eigenvalue weighted by Crippen LogP contribution is 2.39. The van der Waals surface area contributed by atoms with Crippen molar-refractivity contribution in [2.75, 3.05) is 26.2 Å². The summed E-state index contributed by atoms with van der Waals surface area (Å²) in [6.45, 7) is 1.93. The maximum absolute atomic E-state index is 13.2. The lowest BCUT2D eigenvalue weighted by Crippen LogP contribution is -2.33. The molecule has 1 heterocycles. The second-order valence-electron chi connectivity index (χ2n) is 8.53. The number of benzene rings is 2. The topological polar surface area (TPSA) is 69.5 Å². The third-order valence-electron chi connectivity index (χ3n) is 6.35. The summed E-state index contributed by atoms with van der Waals surface area (Å²) in [4.78, 5) is 14.9. The van der Waals surface area contributed by atoms with Gasteiger partial charge in [0.25, 0.3) is 0 Å². The van der Waals surface area contributed by atoms with Gasteiger partial charge in [0.05, 0.1) is 19.5 Å². The quantitative estimate of drug-likeness (QED) is 0.390. The molecule has 1 aromatic heterocycles. The van der Waals surface area contributed by atoms with Crippen LogP contribution in [-0.4, -0.2) is 47.2 Å². The Morgan fingerprint density at radius 2 is 1.74 bits per heavy atom. The van der Waals surface area contributed by atoms with Crippen LogP contribution in [0.3, 0.4) is 0 Å². The molecule has 0 saturated heterocycles. The molecule has 180 valence electrons. The first kappa shape index (κ1) is 24.1. The molecule has 1 fully saturated rings. The van der Waals surface area contributed by atoms with Gasteiger partial charge in [0.1, 0.15) is 0 Å². The lowest BCUT2D eigenvalue weighted by Gasteiger charge is -2.27. The van der Waals surface area contributed by atoms with Crippen LogP contribution in [0, 0.1) is 0 Å². The second-order valence-corrected chi connectivity index (χ2v) is 9.84. The molecule has 34 heavy (non-hydrogen) atoms. The molecule has 7 nitrogen and oxygen atoms in total. The molecule has 0 N–H and O–H groups in total. The van der Waals surface area contributed by atoms with Crippen LogP contribution in [0.15, 0.2) is 53.7 Å². The van der Waals surface area contributed by atoms with Crippen molar-refractivity contribution in [2.45, 2.75) is 55.5 Å². The summed E-state index contributed by atoms with van der Waals surface area (Å²) in [5.41, 5.74) is 1.79. The fourth-order valence-corrected chi connectivity index (χ4v) is 5.47. The Kier molecular flexibility index (Phi) is 7.77. The largest absolute Gasteiger partial charge is 0.493 e. The Morgan fingerprint density at radius 1 is 1.03 bits per heavy atom. The van der Waals surface area contributed by atoms with Gasteiger partial charge in [-0.1, -0.05) is 49.2 Å². The number of ether oxygens (including phenoxy) is 2. The van der Waals surface area contributed by atoms with E-state index in [0.717, 1.165) is 35.1 Å². The summed E-state index contributed by atoms with van der Waals surface area (Å²) < 4.78 is 13.2. The number of hydrogen-bond donors (Lipinski definition) is 0. The number of aromatic nitrogens is 3. The standard InChI is InChI=1S/C26H32N4O3S/c1-18(25(31)29(2)20-11-7-5-8-12-20)34-26-28-27-24(30(26)21-13-9-6-10-14-21)19-15-16-22(32-3)23(17-19)33-4/h5,7-8,11-12,15-18,21H,6,9-10,13-14H2,1-4H3. The zero-order valence-electron chi connectivity index (χ0n) is 20.2. The number of rotatable bonds is 8. The van der Waals surface area contributed by atoms with Gasteiger partial charge in [-0.15, -0.1) is 10.2 Å². The van der Waals surface area contributed by atoms with E-state index in [-0.39, 0.29) is 11.2 Å². The number of amides is 1. The van der Waals surface area contributed by atoms with Crippen molar-refractivity contribution in [3.05, 3.63) is 48.5 Å². The lowest BCUT2D eigenvalue weighted by molar-refractivity contribution is -0.117. The molecule has 1 unspecified atom stereocenters. The molecule has 4 rings (SSSR count). The summed E-state index contributed by atoms with van der Waals surface area (Å²) in [7, 11) is 5.07. The van der Waals surface area contributed by atoms with Crippen molar-refractivity contribution in [2.24, 2.45) is 0 Å². The average molecular weight is 481 g/mol. The minimum atomic E-state index is -0.310. The first-order valence-electron chi connectivity index (χ1n) is 11.7. The van der Waals surface area contributed by atoms with Crippen LogP contribution in [0.5, 0.6) is 11.5 Å². The third-order valence-corrected chi connectivity index (χ3v) is 7.39. The predicted octanol–water partition coefficient (Wildman–Crippen LogP) is 5.61. The predicted molar refractivity (Wildman–Crippen MR) is 136 cm³/mol. The van der Waals surface area contributed by atoms with E-state index in [4.69, 9.17) is 9.47 Å². The molecular weight excluding hydrogens is 448 g/mol. The van der Waals surface area contributed by atoms with Gasteiger partial charge >= 0.3 is 0 Å². The Hall–Kier alpha value is -3.00. The monoisotopic (exact) mass is 480 g/mol. The summed E-state index contributed by atoms with van der Waals surface area (Å²) in [5, 5.41) is 9.60. The average Bonchev–Trinajstić information content (AvgIpc) is 3.31. The van der Waals surface area contributed by atoms with Crippen molar-refractivity contribution in [3.8, 4) is 22.9 Å². The molecule has 0 radical (unpaired) electrons. The van der Waals surface area contributed by atoms with E-state index in [9.17, 15) is 4.79 Å². The lowest BCUT2D eigenvalue weighted by atomic mass is 9.95. The first-order chi connectivity index (χ1) is 16.5. The Labute approximate surface area is 205 Å². The highest BCUT2D eigenvalue weighted by atomic mass is 32.2. The fraction of sp³-hybridized carbons (Fsp3) is 0.423. The van der Waals surface area contributed by atoms with Crippen molar-refractivity contribution in [1.29, 1.82) is 0 Å². The van der Waals surface area contributed by atoms with E-state index >= 15 is 0 Å². The van der Waals surface area contributed by atoms with E-state index in [1.165, 1.54) is 31.0 Å². The Balaban J connectivity index is 1.65. The smallest absolute Gasteiger partial charge is 0.240 e. The molecule has 1 aliphatic rings. The van der Waals surface area contributed by atoms with Crippen LogP contribution in [-0.2, 0) is 4.79 Å². The fourth-order valence-electron chi connectivity index (χ4n) is 4.46. The van der Waals surface area contributed by atoms with E-state index in [1.54, 1.807) is 19.1 Å². The van der Waals surface area contributed by atoms with Crippen LogP contribution in [0.1, 0.15) is 45.1 Å². The number of thioether (sulfide) groups is 1. The molecule has 1 atom stereocenters. The molecule has 0 bridgehead atoms. The van der Waals surface area contributed by atoms with Gasteiger partial charge in [0, 0.05) is 24.3 Å². The Bertz CT molecular complexity index is 1110. The van der Waals surface area contributed by atoms with Crippen LogP contribution in [0.25, 0.3) is 11.4 Å². The van der Waals surface area contributed by atoms with Gasteiger partial charge in [-0.05, 0) is 50.1 Å². The summed E-state index contributed by atoms with van der Waals surface area (Å²) >= 11 is 1.47. The van der Waals surface area contributed by atoms with Crippen molar-refractivity contribution < 1.29 is 14.3 Å². The van der Waals surface area contributed by atoms with Gasteiger partial charge < -0.3 is 14.4 Å². The number of carbonyl (C=O) groups excluding carboxylic acids is 1. The van der Waals surface area contributed by atoms with Gasteiger partial charge in [0.15, 0.2) is 22.5 Å². The first-order valence-corrected chi connectivity index (χ1v) is 12.6. The van der Waals surface area contributed by atoms with Crippen LogP contribution in [0.2, 0.25) is 0 Å². The van der Waals surface area contributed by atoms with E-state index in [2.05, 4.69) is 14.8 Å².